The zero-order chi connectivity index (χ0) is 30.6. The molecule has 1 aliphatic carbocycles. The molecule has 0 aromatic carbocycles. The summed E-state index contributed by atoms with van der Waals surface area (Å²) in [7, 11) is 0. The molecule has 0 aromatic heterocycles. The maximum absolute atomic E-state index is 14.9. The Labute approximate surface area is 242 Å². The molecule has 0 aromatic rings. The Morgan fingerprint density at radius 2 is 1.38 bits per heavy atom. The molecular formula is C35H52O5. The molecule has 0 spiro atoms. The summed E-state index contributed by atoms with van der Waals surface area (Å²) >= 11 is 0. The molecule has 0 N–H and O–H groups in total. The zero-order valence-corrected chi connectivity index (χ0v) is 26.8. The van der Waals surface area contributed by atoms with Crippen LogP contribution in [0, 0.1) is 28.6 Å². The Kier molecular flexibility index (Phi) is 10.9. The van der Waals surface area contributed by atoms with Crippen molar-refractivity contribution >= 4 is 23.3 Å². The number of carbonyl (C=O) groups is 4. The number of rotatable bonds is 12. The number of allylic oxidation sites excluding steroid dienone is 7. The van der Waals surface area contributed by atoms with Gasteiger partial charge in [0.1, 0.15) is 5.41 Å². The molecule has 1 saturated heterocycles. The van der Waals surface area contributed by atoms with Gasteiger partial charge in [0.25, 0.3) is 0 Å². The molecule has 2 aliphatic rings. The van der Waals surface area contributed by atoms with E-state index in [1.54, 1.807) is 13.8 Å². The summed E-state index contributed by atoms with van der Waals surface area (Å²) in [6.07, 6.45) is 10.6. The maximum atomic E-state index is 14.9. The third-order valence-electron chi connectivity index (χ3n) is 8.89. The highest BCUT2D eigenvalue weighted by Gasteiger charge is 2.74. The van der Waals surface area contributed by atoms with Gasteiger partial charge in [-0.3, -0.25) is 19.2 Å². The highest BCUT2D eigenvalue weighted by molar-refractivity contribution is 6.40. The molecular weight excluding hydrogens is 500 g/mol. The van der Waals surface area contributed by atoms with Crippen molar-refractivity contribution in [3.8, 4) is 0 Å². The van der Waals surface area contributed by atoms with Crippen molar-refractivity contribution in [1.82, 2.24) is 0 Å². The predicted octanol–water partition coefficient (Wildman–Crippen LogP) is 8.09. The zero-order valence-electron chi connectivity index (χ0n) is 26.8. The molecule has 2 rings (SSSR count). The molecule has 1 saturated carbocycles. The van der Waals surface area contributed by atoms with E-state index in [0.717, 1.165) is 16.7 Å². The van der Waals surface area contributed by atoms with Crippen molar-refractivity contribution in [3.05, 3.63) is 46.6 Å². The van der Waals surface area contributed by atoms with Crippen LogP contribution in [0.5, 0.6) is 0 Å². The van der Waals surface area contributed by atoms with Crippen molar-refractivity contribution in [2.24, 2.45) is 28.6 Å². The number of ketones is 3. The molecule has 2 bridgehead atoms. The van der Waals surface area contributed by atoms with E-state index in [0.29, 0.717) is 25.7 Å². The molecule has 5 unspecified atom stereocenters. The summed E-state index contributed by atoms with van der Waals surface area (Å²) in [6, 6.07) is 0. The number of Topliss-reactive ketones (excluding diaryl/α,β-unsaturated/α-hetero) is 3. The summed E-state index contributed by atoms with van der Waals surface area (Å²) in [4.78, 5) is 56.7. The lowest BCUT2D eigenvalue weighted by Crippen LogP contribution is -2.57. The summed E-state index contributed by atoms with van der Waals surface area (Å²) in [5.74, 6) is -3.76. The van der Waals surface area contributed by atoms with E-state index in [1.807, 2.05) is 67.5 Å². The molecule has 0 amide bonds. The first kappa shape index (κ1) is 33.6. The Balaban J connectivity index is 3.03. The van der Waals surface area contributed by atoms with Crippen LogP contribution in [0.1, 0.15) is 115 Å². The van der Waals surface area contributed by atoms with Gasteiger partial charge >= 0.3 is 5.97 Å². The first-order valence-electron chi connectivity index (χ1n) is 14.8. The van der Waals surface area contributed by atoms with Crippen LogP contribution in [0.2, 0.25) is 0 Å². The number of hydrogen-bond acceptors (Lipinski definition) is 5. The second-order valence-electron chi connectivity index (χ2n) is 13.7. The van der Waals surface area contributed by atoms with Gasteiger partial charge in [0.05, 0.1) is 5.92 Å². The fraction of sp³-hybridized carbons (Fsp3) is 0.657. The normalized spacial score (nSPS) is 29.3. The summed E-state index contributed by atoms with van der Waals surface area (Å²) < 4.78 is 6.25. The van der Waals surface area contributed by atoms with Crippen molar-refractivity contribution in [2.45, 2.75) is 120 Å². The van der Waals surface area contributed by atoms with E-state index in [2.05, 4.69) is 19.1 Å². The number of hydrogen-bond donors (Lipinski definition) is 0. The van der Waals surface area contributed by atoms with Gasteiger partial charge in [0.2, 0.25) is 11.6 Å². The molecule has 5 atom stereocenters. The Morgan fingerprint density at radius 3 is 1.88 bits per heavy atom. The predicted molar refractivity (Wildman–Crippen MR) is 162 cm³/mol. The second-order valence-corrected chi connectivity index (χ2v) is 13.7. The summed E-state index contributed by atoms with van der Waals surface area (Å²) in [5, 5.41) is 0. The van der Waals surface area contributed by atoms with Gasteiger partial charge in [-0.2, -0.15) is 0 Å². The second kappa shape index (κ2) is 13.0. The van der Waals surface area contributed by atoms with Crippen LogP contribution in [-0.4, -0.2) is 28.9 Å². The van der Waals surface area contributed by atoms with Crippen LogP contribution in [0.25, 0.3) is 0 Å². The van der Waals surface area contributed by atoms with Gasteiger partial charge in [-0.1, -0.05) is 67.4 Å². The highest BCUT2D eigenvalue weighted by Crippen LogP contribution is 2.62. The van der Waals surface area contributed by atoms with Gasteiger partial charge < -0.3 is 4.74 Å². The average Bonchev–Trinajstić information content (AvgIpc) is 3.00. The van der Waals surface area contributed by atoms with Gasteiger partial charge in [0, 0.05) is 12.3 Å². The van der Waals surface area contributed by atoms with E-state index in [-0.39, 0.29) is 24.5 Å². The monoisotopic (exact) mass is 552 g/mol. The standard InChI is InChI=1S/C35H52O5/c1-22(2)13-12-18-33(11)27(15-14-23(3)4)21-34(19-16-24(5)6)31(38)35(40-32(34)39,20-17-25(7)8)30(33)29(37)28(36)26(9)10/h13-14,16-17,26-27,30H,12,15,18-21H2,1-11H3. The number of esters is 1. The van der Waals surface area contributed by atoms with Crippen LogP contribution in [0.15, 0.2) is 46.6 Å². The molecule has 222 valence electrons. The quantitative estimate of drug-likeness (QED) is 0.106. The minimum Gasteiger partial charge on any atom is -0.449 e. The van der Waals surface area contributed by atoms with E-state index >= 15 is 0 Å². The molecule has 1 aliphatic heterocycles. The largest absolute Gasteiger partial charge is 0.449 e. The topological polar surface area (TPSA) is 77.5 Å². The molecule has 0 radical (unpaired) electrons. The minimum atomic E-state index is -1.72. The lowest BCUT2D eigenvalue weighted by molar-refractivity contribution is -0.176. The Bertz CT molecular complexity index is 1130. The molecule has 5 heteroatoms. The Hall–Kier alpha value is -2.56. The first-order chi connectivity index (χ1) is 18.4. The van der Waals surface area contributed by atoms with Gasteiger partial charge in [-0.25, -0.2) is 0 Å². The maximum Gasteiger partial charge on any atom is 0.321 e. The van der Waals surface area contributed by atoms with Gasteiger partial charge in [-0.15, -0.1) is 0 Å². The van der Waals surface area contributed by atoms with E-state index in [4.69, 9.17) is 4.74 Å². The van der Waals surface area contributed by atoms with Crippen LogP contribution in [-0.2, 0) is 23.9 Å². The van der Waals surface area contributed by atoms with Gasteiger partial charge in [0.15, 0.2) is 11.4 Å². The summed E-state index contributed by atoms with van der Waals surface area (Å²) in [6.45, 7) is 21.4. The van der Waals surface area contributed by atoms with Crippen LogP contribution in [0.3, 0.4) is 0 Å². The third-order valence-corrected chi connectivity index (χ3v) is 8.89. The number of ether oxygens (including phenoxy) is 1. The number of carbonyl (C=O) groups excluding carboxylic acids is 4. The molecule has 1 heterocycles. The van der Waals surface area contributed by atoms with Gasteiger partial charge in [-0.05, 0) is 98.8 Å². The number of fused-ring (bicyclic) bond motifs is 2. The lowest BCUT2D eigenvalue weighted by Gasteiger charge is -2.48. The van der Waals surface area contributed by atoms with E-state index < -0.39 is 45.8 Å². The molecule has 2 fully saturated rings. The molecule has 40 heavy (non-hydrogen) atoms. The smallest absolute Gasteiger partial charge is 0.321 e. The van der Waals surface area contributed by atoms with Crippen molar-refractivity contribution in [3.63, 3.8) is 0 Å². The van der Waals surface area contributed by atoms with Crippen LogP contribution < -0.4 is 0 Å². The average molecular weight is 553 g/mol. The first-order valence-corrected chi connectivity index (χ1v) is 14.8. The van der Waals surface area contributed by atoms with Crippen LogP contribution >= 0.6 is 0 Å². The fourth-order valence-corrected chi connectivity index (χ4v) is 6.53. The van der Waals surface area contributed by atoms with Crippen LogP contribution in [0.4, 0.5) is 0 Å². The van der Waals surface area contributed by atoms with Crippen molar-refractivity contribution in [1.29, 1.82) is 0 Å². The SMILES string of the molecule is CC(C)=CCCC1(C)C(CC=C(C)C)CC2(CC=C(C)C)C(=O)OC(CC=C(C)C)(C2=O)C1C(=O)C(=O)C(C)C. The van der Waals surface area contributed by atoms with Crippen molar-refractivity contribution < 1.29 is 23.9 Å². The van der Waals surface area contributed by atoms with Crippen molar-refractivity contribution in [2.75, 3.05) is 0 Å². The highest BCUT2D eigenvalue weighted by atomic mass is 16.6. The third kappa shape index (κ3) is 6.66. The van der Waals surface area contributed by atoms with E-state index in [1.165, 1.54) is 5.57 Å². The lowest BCUT2D eigenvalue weighted by atomic mass is 9.57. The molecule has 5 nitrogen and oxygen atoms in total. The Morgan fingerprint density at radius 1 is 0.850 bits per heavy atom. The van der Waals surface area contributed by atoms with E-state index in [9.17, 15) is 19.2 Å². The minimum absolute atomic E-state index is 0.0891. The fourth-order valence-electron chi connectivity index (χ4n) is 6.53. The summed E-state index contributed by atoms with van der Waals surface area (Å²) in [5.41, 5.74) is 0.397.